The summed E-state index contributed by atoms with van der Waals surface area (Å²) in [7, 11) is 0. The van der Waals surface area contributed by atoms with Gasteiger partial charge in [0.15, 0.2) is 0 Å². The van der Waals surface area contributed by atoms with Crippen LogP contribution in [0.2, 0.25) is 5.02 Å². The van der Waals surface area contributed by atoms with Gasteiger partial charge in [0, 0.05) is 40.8 Å². The van der Waals surface area contributed by atoms with Crippen molar-refractivity contribution >= 4 is 29.1 Å². The second-order valence-corrected chi connectivity index (χ2v) is 6.62. The molecule has 0 amide bonds. The molecule has 3 aromatic rings. The van der Waals surface area contributed by atoms with Crippen LogP contribution < -0.4 is 10.6 Å². The fraction of sp³-hybridized carbons (Fsp3) is 0.211. The lowest BCUT2D eigenvalue weighted by Gasteiger charge is -2.12. The third kappa shape index (κ3) is 3.88. The van der Waals surface area contributed by atoms with E-state index in [9.17, 15) is 0 Å². The van der Waals surface area contributed by atoms with E-state index in [1.165, 1.54) is 12.8 Å². The number of aromatic nitrogens is 3. The van der Waals surface area contributed by atoms with Crippen molar-refractivity contribution in [3.05, 3.63) is 59.4 Å². The van der Waals surface area contributed by atoms with Crippen molar-refractivity contribution in [3.8, 4) is 11.3 Å². The second kappa shape index (κ2) is 6.69. The van der Waals surface area contributed by atoms with Crippen molar-refractivity contribution in [2.24, 2.45) is 0 Å². The number of nitrogens with zero attached hydrogens (tertiary/aromatic N) is 3. The standard InChI is InChI=1S/C19H18ClN5/c1-12-9-15(6-7-16(12)20)22-18-10-17(13-3-2-8-21-11-13)24-19(25-18)23-14-4-5-14/h2-3,6-11,14H,4-5H2,1H3,(H2,22,23,24,25). The third-order valence-electron chi connectivity index (χ3n) is 4.02. The summed E-state index contributed by atoms with van der Waals surface area (Å²) in [6.07, 6.45) is 5.89. The number of anilines is 3. The molecular weight excluding hydrogens is 334 g/mol. The molecule has 1 aromatic carbocycles. The van der Waals surface area contributed by atoms with E-state index in [1.807, 2.05) is 43.3 Å². The number of nitrogens with one attached hydrogen (secondary N) is 2. The van der Waals surface area contributed by atoms with Crippen LogP contribution in [-0.4, -0.2) is 21.0 Å². The maximum absolute atomic E-state index is 6.11. The van der Waals surface area contributed by atoms with Gasteiger partial charge in [0.1, 0.15) is 5.82 Å². The van der Waals surface area contributed by atoms with Gasteiger partial charge < -0.3 is 10.6 Å². The summed E-state index contributed by atoms with van der Waals surface area (Å²) in [4.78, 5) is 13.4. The van der Waals surface area contributed by atoms with Crippen LogP contribution in [-0.2, 0) is 0 Å². The van der Waals surface area contributed by atoms with Crippen molar-refractivity contribution in [2.45, 2.75) is 25.8 Å². The molecule has 4 rings (SSSR count). The fourth-order valence-electron chi connectivity index (χ4n) is 2.52. The topological polar surface area (TPSA) is 62.7 Å². The average Bonchev–Trinajstić information content (AvgIpc) is 3.43. The van der Waals surface area contributed by atoms with Crippen LogP contribution in [0.15, 0.2) is 48.8 Å². The van der Waals surface area contributed by atoms with Crippen LogP contribution in [0.25, 0.3) is 11.3 Å². The normalized spacial score (nSPS) is 13.5. The van der Waals surface area contributed by atoms with Gasteiger partial charge in [-0.1, -0.05) is 11.6 Å². The van der Waals surface area contributed by atoms with Gasteiger partial charge in [-0.05, 0) is 55.7 Å². The first-order valence-electron chi connectivity index (χ1n) is 8.26. The van der Waals surface area contributed by atoms with E-state index in [2.05, 4.69) is 25.6 Å². The molecule has 0 bridgehead atoms. The molecule has 1 saturated carbocycles. The summed E-state index contributed by atoms with van der Waals surface area (Å²) in [6, 6.07) is 12.1. The zero-order chi connectivity index (χ0) is 17.2. The van der Waals surface area contributed by atoms with Crippen molar-refractivity contribution < 1.29 is 0 Å². The fourth-order valence-corrected chi connectivity index (χ4v) is 2.64. The van der Waals surface area contributed by atoms with Crippen LogP contribution in [0.4, 0.5) is 17.5 Å². The molecule has 0 atom stereocenters. The molecule has 2 aromatic heterocycles. The maximum atomic E-state index is 6.11. The maximum Gasteiger partial charge on any atom is 0.225 e. The molecule has 2 heterocycles. The predicted octanol–water partition coefficient (Wildman–Crippen LogP) is 4.82. The summed E-state index contributed by atoms with van der Waals surface area (Å²) in [5.41, 5.74) is 3.75. The number of pyridine rings is 1. The number of hydrogen-bond donors (Lipinski definition) is 2. The molecule has 0 unspecified atom stereocenters. The van der Waals surface area contributed by atoms with E-state index >= 15 is 0 Å². The Labute approximate surface area is 151 Å². The molecule has 5 nitrogen and oxygen atoms in total. The van der Waals surface area contributed by atoms with Crippen LogP contribution in [0.1, 0.15) is 18.4 Å². The van der Waals surface area contributed by atoms with Crippen LogP contribution in [0.3, 0.4) is 0 Å². The highest BCUT2D eigenvalue weighted by Gasteiger charge is 2.22. The molecule has 25 heavy (non-hydrogen) atoms. The van der Waals surface area contributed by atoms with Crippen molar-refractivity contribution in [1.82, 2.24) is 15.0 Å². The summed E-state index contributed by atoms with van der Waals surface area (Å²) < 4.78 is 0. The van der Waals surface area contributed by atoms with Crippen molar-refractivity contribution in [1.29, 1.82) is 0 Å². The number of hydrogen-bond acceptors (Lipinski definition) is 5. The average molecular weight is 352 g/mol. The minimum atomic E-state index is 0.481. The summed E-state index contributed by atoms with van der Waals surface area (Å²) >= 11 is 6.11. The summed E-state index contributed by atoms with van der Waals surface area (Å²) in [5.74, 6) is 1.37. The van der Waals surface area contributed by atoms with Crippen LogP contribution in [0.5, 0.6) is 0 Å². The van der Waals surface area contributed by atoms with E-state index in [1.54, 1.807) is 12.4 Å². The molecule has 0 aliphatic heterocycles. The Kier molecular flexibility index (Phi) is 4.24. The molecule has 0 spiro atoms. The summed E-state index contributed by atoms with van der Waals surface area (Å²) in [5, 5.41) is 7.47. The first-order chi connectivity index (χ1) is 12.2. The molecule has 0 saturated heterocycles. The second-order valence-electron chi connectivity index (χ2n) is 6.21. The number of benzene rings is 1. The van der Waals surface area contributed by atoms with E-state index in [0.717, 1.165) is 33.3 Å². The molecular formula is C19H18ClN5. The van der Waals surface area contributed by atoms with Gasteiger partial charge >= 0.3 is 0 Å². The Morgan fingerprint density at radius 1 is 1.12 bits per heavy atom. The van der Waals surface area contributed by atoms with Crippen LogP contribution in [0, 0.1) is 6.92 Å². The summed E-state index contributed by atoms with van der Waals surface area (Å²) in [6.45, 7) is 1.98. The lowest BCUT2D eigenvalue weighted by Crippen LogP contribution is -2.07. The predicted molar refractivity (Wildman–Crippen MR) is 101 cm³/mol. The first kappa shape index (κ1) is 15.8. The quantitative estimate of drug-likeness (QED) is 0.690. The highest BCUT2D eigenvalue weighted by atomic mass is 35.5. The van der Waals surface area contributed by atoms with Crippen molar-refractivity contribution in [2.75, 3.05) is 10.6 Å². The van der Waals surface area contributed by atoms with Gasteiger partial charge in [0.05, 0.1) is 5.69 Å². The molecule has 1 fully saturated rings. The molecule has 1 aliphatic carbocycles. The van der Waals surface area contributed by atoms with Gasteiger partial charge in [-0.15, -0.1) is 0 Å². The molecule has 6 heteroatoms. The zero-order valence-corrected chi connectivity index (χ0v) is 14.6. The number of rotatable bonds is 5. The Hall–Kier alpha value is -2.66. The smallest absolute Gasteiger partial charge is 0.225 e. The Morgan fingerprint density at radius 3 is 2.72 bits per heavy atom. The minimum Gasteiger partial charge on any atom is -0.351 e. The van der Waals surface area contributed by atoms with Gasteiger partial charge in [0.25, 0.3) is 0 Å². The number of halogens is 1. The first-order valence-corrected chi connectivity index (χ1v) is 8.64. The largest absolute Gasteiger partial charge is 0.351 e. The molecule has 2 N–H and O–H groups in total. The Bertz CT molecular complexity index is 894. The van der Waals surface area contributed by atoms with Gasteiger partial charge in [0.2, 0.25) is 5.95 Å². The number of aryl methyl sites for hydroxylation is 1. The van der Waals surface area contributed by atoms with E-state index in [4.69, 9.17) is 11.6 Å². The van der Waals surface area contributed by atoms with E-state index in [0.29, 0.717) is 12.0 Å². The van der Waals surface area contributed by atoms with Crippen LogP contribution >= 0.6 is 11.6 Å². The highest BCUT2D eigenvalue weighted by molar-refractivity contribution is 6.31. The lowest BCUT2D eigenvalue weighted by atomic mass is 10.2. The Balaban J connectivity index is 1.68. The third-order valence-corrected chi connectivity index (χ3v) is 4.45. The molecule has 0 radical (unpaired) electrons. The SMILES string of the molecule is Cc1cc(Nc2cc(-c3cccnc3)nc(NC3CC3)n2)ccc1Cl. The minimum absolute atomic E-state index is 0.481. The van der Waals surface area contributed by atoms with E-state index in [-0.39, 0.29) is 0 Å². The van der Waals surface area contributed by atoms with Gasteiger partial charge in [-0.3, -0.25) is 4.98 Å². The lowest BCUT2D eigenvalue weighted by molar-refractivity contribution is 1.06. The zero-order valence-electron chi connectivity index (χ0n) is 13.8. The molecule has 126 valence electrons. The van der Waals surface area contributed by atoms with E-state index < -0.39 is 0 Å². The Morgan fingerprint density at radius 2 is 2.00 bits per heavy atom. The highest BCUT2D eigenvalue weighted by Crippen LogP contribution is 2.28. The van der Waals surface area contributed by atoms with Gasteiger partial charge in [-0.25, -0.2) is 4.98 Å². The molecule has 1 aliphatic rings. The van der Waals surface area contributed by atoms with Crippen molar-refractivity contribution in [3.63, 3.8) is 0 Å². The monoisotopic (exact) mass is 351 g/mol. The van der Waals surface area contributed by atoms with Gasteiger partial charge in [-0.2, -0.15) is 4.98 Å².